The Morgan fingerprint density at radius 2 is 2.06 bits per heavy atom. The van der Waals surface area contributed by atoms with Crippen molar-refractivity contribution < 1.29 is 14.3 Å². The number of hydrogen-bond donors (Lipinski definition) is 2. The van der Waals surface area contributed by atoms with Crippen LogP contribution in [0.15, 0.2) is 24.3 Å². The van der Waals surface area contributed by atoms with Gasteiger partial charge >= 0.3 is 5.97 Å². The summed E-state index contributed by atoms with van der Waals surface area (Å²) in [6, 6.07) is 5.95. The lowest BCUT2D eigenvalue weighted by atomic mass is 9.91. The Hall–Kier alpha value is -1.42. The van der Waals surface area contributed by atoms with Gasteiger partial charge in [0.05, 0.1) is 0 Å². The molecule has 1 rings (SSSR count). The van der Waals surface area contributed by atoms with Crippen LogP contribution in [0.3, 0.4) is 0 Å². The number of rotatable bonds is 5. The fourth-order valence-corrected chi connectivity index (χ4v) is 1.56. The van der Waals surface area contributed by atoms with E-state index in [-0.39, 0.29) is 5.56 Å². The highest BCUT2D eigenvalue weighted by molar-refractivity contribution is 5.80. The molecule has 0 spiro atoms. The first-order valence-electron chi connectivity index (χ1n) is 5.61. The first kappa shape index (κ1) is 13.6. The fraction of sp³-hybridized carbons (Fsp3) is 0.462. The van der Waals surface area contributed by atoms with Gasteiger partial charge in [-0.1, -0.05) is 32.0 Å². The molecule has 1 atom stereocenters. The summed E-state index contributed by atoms with van der Waals surface area (Å²) in [5, 5.41) is 12.2. The minimum Gasteiger partial charge on any atom is -0.480 e. The highest BCUT2D eigenvalue weighted by Crippen LogP contribution is 2.24. The van der Waals surface area contributed by atoms with E-state index in [2.05, 4.69) is 5.32 Å². The van der Waals surface area contributed by atoms with Crippen LogP contribution < -0.4 is 5.32 Å². The van der Waals surface area contributed by atoms with Crippen molar-refractivity contribution in [2.24, 2.45) is 5.92 Å². The van der Waals surface area contributed by atoms with E-state index in [0.717, 1.165) is 0 Å². The zero-order valence-corrected chi connectivity index (χ0v) is 10.3. The van der Waals surface area contributed by atoms with Crippen LogP contribution in [0.25, 0.3) is 0 Å². The van der Waals surface area contributed by atoms with Gasteiger partial charge in [0.1, 0.15) is 11.4 Å². The van der Waals surface area contributed by atoms with E-state index in [1.54, 1.807) is 12.1 Å². The van der Waals surface area contributed by atoms with Crippen molar-refractivity contribution in [3.8, 4) is 0 Å². The van der Waals surface area contributed by atoms with Crippen molar-refractivity contribution in [2.45, 2.75) is 26.3 Å². The lowest BCUT2D eigenvalue weighted by Crippen LogP contribution is -2.48. The van der Waals surface area contributed by atoms with Gasteiger partial charge < -0.3 is 5.11 Å². The molecule has 1 aromatic rings. The summed E-state index contributed by atoms with van der Waals surface area (Å²) in [5.41, 5.74) is -1.23. The molecule has 4 heteroatoms. The van der Waals surface area contributed by atoms with Crippen LogP contribution in [-0.4, -0.2) is 17.6 Å². The van der Waals surface area contributed by atoms with Gasteiger partial charge in [0.2, 0.25) is 0 Å². The third kappa shape index (κ3) is 3.03. The number of benzene rings is 1. The van der Waals surface area contributed by atoms with Crippen LogP contribution >= 0.6 is 0 Å². The number of carboxylic acids is 1. The zero-order valence-electron chi connectivity index (χ0n) is 10.3. The Morgan fingerprint density at radius 3 is 2.53 bits per heavy atom. The number of nitrogens with one attached hydrogen (secondary N) is 1. The van der Waals surface area contributed by atoms with E-state index >= 15 is 0 Å². The standard InChI is InChI=1S/C13H18FNO2/c1-9(2)8-15-13(3,12(16)17)10-6-4-5-7-11(10)14/h4-7,9,15H,8H2,1-3H3,(H,16,17). The monoisotopic (exact) mass is 239 g/mol. The molecule has 0 saturated carbocycles. The normalized spacial score (nSPS) is 14.6. The van der Waals surface area contributed by atoms with E-state index in [9.17, 15) is 14.3 Å². The largest absolute Gasteiger partial charge is 0.480 e. The molecule has 0 aliphatic carbocycles. The number of carbonyl (C=O) groups is 1. The Kier molecular flexibility index (Phi) is 4.23. The molecule has 0 aliphatic rings. The van der Waals surface area contributed by atoms with E-state index < -0.39 is 17.3 Å². The Labute approximate surface area is 101 Å². The summed E-state index contributed by atoms with van der Waals surface area (Å²) in [4.78, 5) is 11.4. The number of carboxylic acid groups (broad SMARTS) is 1. The van der Waals surface area contributed by atoms with Gasteiger partial charge in [-0.25, -0.2) is 9.18 Å². The molecule has 0 heterocycles. The molecule has 0 aromatic heterocycles. The molecule has 1 unspecified atom stereocenters. The van der Waals surface area contributed by atoms with Crippen molar-refractivity contribution in [3.05, 3.63) is 35.6 Å². The van der Waals surface area contributed by atoms with Crippen LogP contribution in [0.4, 0.5) is 4.39 Å². The minimum absolute atomic E-state index is 0.160. The zero-order chi connectivity index (χ0) is 13.1. The van der Waals surface area contributed by atoms with Crippen LogP contribution in [0.5, 0.6) is 0 Å². The number of aliphatic carboxylic acids is 1. The molecule has 1 aromatic carbocycles. The maximum absolute atomic E-state index is 13.7. The second-order valence-corrected chi connectivity index (χ2v) is 4.68. The second-order valence-electron chi connectivity index (χ2n) is 4.68. The summed E-state index contributed by atoms with van der Waals surface area (Å²) in [5.74, 6) is -1.29. The molecule has 0 saturated heterocycles. The molecule has 2 N–H and O–H groups in total. The van der Waals surface area contributed by atoms with E-state index in [4.69, 9.17) is 0 Å². The maximum atomic E-state index is 13.7. The fourth-order valence-electron chi connectivity index (χ4n) is 1.56. The second kappa shape index (κ2) is 5.27. The predicted molar refractivity (Wildman–Crippen MR) is 64.2 cm³/mol. The number of hydrogen-bond acceptors (Lipinski definition) is 2. The summed E-state index contributed by atoms with van der Waals surface area (Å²) in [7, 11) is 0. The van der Waals surface area contributed by atoms with Crippen LogP contribution in [0.2, 0.25) is 0 Å². The topological polar surface area (TPSA) is 49.3 Å². The molecule has 0 bridgehead atoms. The molecule has 0 aliphatic heterocycles. The van der Waals surface area contributed by atoms with Crippen molar-refractivity contribution in [3.63, 3.8) is 0 Å². The van der Waals surface area contributed by atoms with Crippen LogP contribution in [0, 0.1) is 11.7 Å². The summed E-state index contributed by atoms with van der Waals surface area (Å²) >= 11 is 0. The SMILES string of the molecule is CC(C)CNC(C)(C(=O)O)c1ccccc1F. The molecule has 0 fully saturated rings. The third-order valence-corrected chi connectivity index (χ3v) is 2.70. The van der Waals surface area contributed by atoms with Crippen molar-refractivity contribution in [1.29, 1.82) is 0 Å². The number of halogens is 1. The van der Waals surface area contributed by atoms with Gasteiger partial charge in [-0.15, -0.1) is 0 Å². The smallest absolute Gasteiger partial charge is 0.328 e. The Morgan fingerprint density at radius 1 is 1.47 bits per heavy atom. The van der Waals surface area contributed by atoms with Gasteiger partial charge in [0, 0.05) is 5.56 Å². The lowest BCUT2D eigenvalue weighted by molar-refractivity contribution is -0.144. The molecule has 0 radical (unpaired) electrons. The predicted octanol–water partition coefficient (Wildman–Crippen LogP) is 2.37. The minimum atomic E-state index is -1.39. The van der Waals surface area contributed by atoms with E-state index in [1.165, 1.54) is 19.1 Å². The van der Waals surface area contributed by atoms with Crippen molar-refractivity contribution >= 4 is 5.97 Å². The summed E-state index contributed by atoms with van der Waals surface area (Å²) in [6.07, 6.45) is 0. The summed E-state index contributed by atoms with van der Waals surface area (Å²) in [6.45, 7) is 5.93. The van der Waals surface area contributed by atoms with Gasteiger partial charge in [0.25, 0.3) is 0 Å². The Balaban J connectivity index is 3.08. The van der Waals surface area contributed by atoms with E-state index in [0.29, 0.717) is 12.5 Å². The van der Waals surface area contributed by atoms with Gasteiger partial charge in [-0.2, -0.15) is 0 Å². The lowest BCUT2D eigenvalue weighted by Gasteiger charge is -2.28. The van der Waals surface area contributed by atoms with Crippen molar-refractivity contribution in [2.75, 3.05) is 6.54 Å². The molecule has 17 heavy (non-hydrogen) atoms. The first-order valence-corrected chi connectivity index (χ1v) is 5.61. The molecule has 94 valence electrons. The average Bonchev–Trinajstić information content (AvgIpc) is 2.26. The molecular weight excluding hydrogens is 221 g/mol. The van der Waals surface area contributed by atoms with E-state index in [1.807, 2.05) is 13.8 Å². The molecule has 3 nitrogen and oxygen atoms in total. The summed E-state index contributed by atoms with van der Waals surface area (Å²) < 4.78 is 13.7. The molecule has 0 amide bonds. The highest BCUT2D eigenvalue weighted by atomic mass is 19.1. The van der Waals surface area contributed by atoms with Gasteiger partial charge in [-0.3, -0.25) is 5.32 Å². The molecular formula is C13H18FNO2. The average molecular weight is 239 g/mol. The van der Waals surface area contributed by atoms with Gasteiger partial charge in [0.15, 0.2) is 0 Å². The van der Waals surface area contributed by atoms with Crippen LogP contribution in [0.1, 0.15) is 26.3 Å². The third-order valence-electron chi connectivity index (χ3n) is 2.70. The first-order chi connectivity index (χ1) is 7.88. The maximum Gasteiger partial charge on any atom is 0.328 e. The van der Waals surface area contributed by atoms with Crippen LogP contribution in [-0.2, 0) is 10.3 Å². The Bertz CT molecular complexity index is 406. The quantitative estimate of drug-likeness (QED) is 0.829. The highest BCUT2D eigenvalue weighted by Gasteiger charge is 2.36. The van der Waals surface area contributed by atoms with Gasteiger partial charge in [-0.05, 0) is 25.5 Å². The van der Waals surface area contributed by atoms with Crippen molar-refractivity contribution in [1.82, 2.24) is 5.32 Å².